The maximum Gasteiger partial charge on any atom is 0.307 e. The van der Waals surface area contributed by atoms with E-state index in [0.717, 1.165) is 35.7 Å². The Morgan fingerprint density at radius 2 is 2.14 bits per heavy atom. The van der Waals surface area contributed by atoms with Crippen LogP contribution in [0.4, 0.5) is 4.39 Å². The van der Waals surface area contributed by atoms with Crippen LogP contribution in [0.15, 0.2) is 36.4 Å². The number of benzene rings is 1. The lowest BCUT2D eigenvalue weighted by Gasteiger charge is -2.30. The van der Waals surface area contributed by atoms with Gasteiger partial charge in [-0.05, 0) is 37.6 Å². The summed E-state index contributed by atoms with van der Waals surface area (Å²) in [7, 11) is 0. The normalized spacial score (nSPS) is 19.2. The summed E-state index contributed by atoms with van der Waals surface area (Å²) in [5, 5.41) is 9.14. The van der Waals surface area contributed by atoms with Crippen molar-refractivity contribution >= 4 is 17.3 Å². The molecule has 1 aromatic carbocycles. The van der Waals surface area contributed by atoms with E-state index in [1.807, 2.05) is 18.2 Å². The van der Waals surface area contributed by atoms with Crippen molar-refractivity contribution in [1.29, 1.82) is 0 Å². The molecule has 116 valence electrons. The molecule has 1 atom stereocenters. The van der Waals surface area contributed by atoms with Gasteiger partial charge in [0.05, 0.1) is 5.92 Å². The number of carboxylic acids is 1. The van der Waals surface area contributed by atoms with Gasteiger partial charge >= 0.3 is 5.97 Å². The van der Waals surface area contributed by atoms with Crippen LogP contribution in [-0.4, -0.2) is 29.1 Å². The average molecular weight is 319 g/mol. The van der Waals surface area contributed by atoms with Crippen LogP contribution in [0.5, 0.6) is 0 Å². The van der Waals surface area contributed by atoms with E-state index < -0.39 is 5.97 Å². The Kier molecular flexibility index (Phi) is 4.55. The number of halogens is 1. The second-order valence-corrected chi connectivity index (χ2v) is 6.83. The lowest BCUT2D eigenvalue weighted by molar-refractivity contribution is -0.143. The SMILES string of the molecule is O=C(O)C1CCCN(Cc2ccc(-c3ccccc3F)s2)C1. The molecule has 3 nitrogen and oxygen atoms in total. The first-order valence-electron chi connectivity index (χ1n) is 7.42. The topological polar surface area (TPSA) is 40.5 Å². The highest BCUT2D eigenvalue weighted by Gasteiger charge is 2.25. The van der Waals surface area contributed by atoms with Crippen molar-refractivity contribution < 1.29 is 14.3 Å². The van der Waals surface area contributed by atoms with E-state index >= 15 is 0 Å². The van der Waals surface area contributed by atoms with E-state index in [4.69, 9.17) is 5.11 Å². The molecule has 2 heterocycles. The molecule has 0 amide bonds. The van der Waals surface area contributed by atoms with E-state index in [1.165, 1.54) is 6.07 Å². The molecule has 1 aliphatic heterocycles. The number of nitrogens with zero attached hydrogens (tertiary/aromatic N) is 1. The number of piperidine rings is 1. The Morgan fingerprint density at radius 3 is 2.91 bits per heavy atom. The summed E-state index contributed by atoms with van der Waals surface area (Å²) in [6, 6.07) is 10.7. The smallest absolute Gasteiger partial charge is 0.307 e. The second-order valence-electron chi connectivity index (χ2n) is 5.66. The van der Waals surface area contributed by atoms with Crippen molar-refractivity contribution in [3.63, 3.8) is 0 Å². The van der Waals surface area contributed by atoms with Gasteiger partial charge < -0.3 is 5.11 Å². The molecule has 22 heavy (non-hydrogen) atoms. The van der Waals surface area contributed by atoms with E-state index in [9.17, 15) is 9.18 Å². The number of rotatable bonds is 4. The number of carboxylic acid groups (broad SMARTS) is 1. The van der Waals surface area contributed by atoms with Crippen LogP contribution in [0, 0.1) is 11.7 Å². The third-order valence-corrected chi connectivity index (χ3v) is 5.14. The van der Waals surface area contributed by atoms with Crippen LogP contribution < -0.4 is 0 Å². The molecule has 1 fully saturated rings. The highest BCUT2D eigenvalue weighted by Crippen LogP contribution is 2.31. The molecule has 0 saturated carbocycles. The predicted molar refractivity (Wildman–Crippen MR) is 85.3 cm³/mol. The molecule has 1 saturated heterocycles. The molecule has 0 radical (unpaired) electrons. The van der Waals surface area contributed by atoms with Crippen molar-refractivity contribution in [2.75, 3.05) is 13.1 Å². The summed E-state index contributed by atoms with van der Waals surface area (Å²) < 4.78 is 13.8. The number of likely N-dealkylation sites (tertiary alicyclic amines) is 1. The third kappa shape index (κ3) is 3.36. The summed E-state index contributed by atoms with van der Waals surface area (Å²) in [6.45, 7) is 2.27. The van der Waals surface area contributed by atoms with Crippen LogP contribution in [0.1, 0.15) is 17.7 Å². The summed E-state index contributed by atoms with van der Waals surface area (Å²) in [5.41, 5.74) is 0.626. The number of hydrogen-bond acceptors (Lipinski definition) is 3. The summed E-state index contributed by atoms with van der Waals surface area (Å²) in [4.78, 5) is 15.4. The monoisotopic (exact) mass is 319 g/mol. The first kappa shape index (κ1) is 15.2. The van der Waals surface area contributed by atoms with Gasteiger partial charge in [-0.2, -0.15) is 0 Å². The summed E-state index contributed by atoms with van der Waals surface area (Å²) in [5.74, 6) is -1.18. The quantitative estimate of drug-likeness (QED) is 0.930. The molecule has 3 rings (SSSR count). The highest BCUT2D eigenvalue weighted by molar-refractivity contribution is 7.15. The van der Waals surface area contributed by atoms with Gasteiger partial charge in [0.15, 0.2) is 0 Å². The summed E-state index contributed by atoms with van der Waals surface area (Å²) in [6.07, 6.45) is 1.68. The number of hydrogen-bond donors (Lipinski definition) is 1. The second kappa shape index (κ2) is 6.58. The van der Waals surface area contributed by atoms with Gasteiger partial charge in [-0.1, -0.05) is 18.2 Å². The number of aliphatic carboxylic acids is 1. The van der Waals surface area contributed by atoms with E-state index in [1.54, 1.807) is 23.5 Å². The Hall–Kier alpha value is -1.72. The first-order chi connectivity index (χ1) is 10.6. The third-order valence-electron chi connectivity index (χ3n) is 4.04. The largest absolute Gasteiger partial charge is 0.481 e. The maximum atomic E-state index is 13.8. The minimum Gasteiger partial charge on any atom is -0.481 e. The number of carbonyl (C=O) groups is 1. The zero-order valence-corrected chi connectivity index (χ0v) is 13.0. The zero-order valence-electron chi connectivity index (χ0n) is 12.2. The van der Waals surface area contributed by atoms with Crippen molar-refractivity contribution in [2.24, 2.45) is 5.92 Å². The standard InChI is InChI=1S/C17H18FNO2S/c18-15-6-2-1-5-14(15)16-8-7-13(22-16)11-19-9-3-4-12(10-19)17(20)21/h1-2,5-8,12H,3-4,9-11H2,(H,20,21). The molecular formula is C17H18FNO2S. The molecule has 1 aliphatic rings. The predicted octanol–water partition coefficient (Wildman–Crippen LogP) is 3.85. The fourth-order valence-electron chi connectivity index (χ4n) is 2.89. The fourth-order valence-corrected chi connectivity index (χ4v) is 3.97. The van der Waals surface area contributed by atoms with Gasteiger partial charge in [0.1, 0.15) is 5.82 Å². The molecule has 1 aromatic heterocycles. The average Bonchev–Trinajstić information content (AvgIpc) is 2.96. The van der Waals surface area contributed by atoms with Gasteiger partial charge in [-0.15, -0.1) is 11.3 Å². The van der Waals surface area contributed by atoms with Gasteiger partial charge in [0.2, 0.25) is 0 Å². The molecule has 2 aromatic rings. The van der Waals surface area contributed by atoms with Gasteiger partial charge in [-0.25, -0.2) is 4.39 Å². The Balaban J connectivity index is 1.70. The lowest BCUT2D eigenvalue weighted by Crippen LogP contribution is -2.37. The molecule has 5 heteroatoms. The van der Waals surface area contributed by atoms with Crippen LogP contribution in [-0.2, 0) is 11.3 Å². The minimum absolute atomic E-state index is 0.209. The number of thiophene rings is 1. The van der Waals surface area contributed by atoms with Crippen molar-refractivity contribution in [2.45, 2.75) is 19.4 Å². The highest BCUT2D eigenvalue weighted by atomic mass is 32.1. The maximum absolute atomic E-state index is 13.8. The van der Waals surface area contributed by atoms with Crippen molar-refractivity contribution in [3.8, 4) is 10.4 Å². The molecular weight excluding hydrogens is 301 g/mol. The van der Waals surface area contributed by atoms with E-state index in [0.29, 0.717) is 12.1 Å². The molecule has 0 aliphatic carbocycles. The first-order valence-corrected chi connectivity index (χ1v) is 8.24. The van der Waals surface area contributed by atoms with Gasteiger partial charge in [0.25, 0.3) is 0 Å². The van der Waals surface area contributed by atoms with Crippen molar-refractivity contribution in [3.05, 3.63) is 47.1 Å². The molecule has 0 spiro atoms. The lowest BCUT2D eigenvalue weighted by atomic mass is 9.98. The van der Waals surface area contributed by atoms with Crippen LogP contribution >= 0.6 is 11.3 Å². The Morgan fingerprint density at radius 1 is 1.32 bits per heavy atom. The van der Waals surface area contributed by atoms with Gasteiger partial charge in [0, 0.05) is 28.4 Å². The van der Waals surface area contributed by atoms with E-state index in [2.05, 4.69) is 4.90 Å². The minimum atomic E-state index is -0.706. The van der Waals surface area contributed by atoms with E-state index in [-0.39, 0.29) is 11.7 Å². The molecule has 0 bridgehead atoms. The van der Waals surface area contributed by atoms with Gasteiger partial charge in [-0.3, -0.25) is 9.69 Å². The summed E-state index contributed by atoms with van der Waals surface area (Å²) >= 11 is 1.57. The van der Waals surface area contributed by atoms with Crippen molar-refractivity contribution in [1.82, 2.24) is 4.90 Å². The van der Waals surface area contributed by atoms with Crippen LogP contribution in [0.2, 0.25) is 0 Å². The Bertz CT molecular complexity index is 670. The Labute approximate surface area is 133 Å². The zero-order chi connectivity index (χ0) is 15.5. The van der Waals surface area contributed by atoms with Crippen LogP contribution in [0.25, 0.3) is 10.4 Å². The molecule has 1 unspecified atom stereocenters. The fraction of sp³-hybridized carbons (Fsp3) is 0.353. The van der Waals surface area contributed by atoms with Crippen LogP contribution in [0.3, 0.4) is 0 Å². The molecule has 1 N–H and O–H groups in total.